The first-order valence-electron chi connectivity index (χ1n) is 7.21. The molecule has 1 aliphatic heterocycles. The lowest BCUT2D eigenvalue weighted by Gasteiger charge is -2.17. The number of imide groups is 1. The predicted octanol–water partition coefficient (Wildman–Crippen LogP) is 1.96. The average Bonchev–Trinajstić information content (AvgIpc) is 3.19. The molecule has 0 aromatic heterocycles. The van der Waals surface area contributed by atoms with E-state index in [-0.39, 0.29) is 24.2 Å². The molecule has 1 saturated heterocycles. The summed E-state index contributed by atoms with van der Waals surface area (Å²) < 4.78 is 0. The predicted molar refractivity (Wildman–Crippen MR) is 73.7 cm³/mol. The normalized spacial score (nSPS) is 27.9. The maximum Gasteiger partial charge on any atom is 0.337 e. The van der Waals surface area contributed by atoms with Gasteiger partial charge in [0.15, 0.2) is 0 Å². The van der Waals surface area contributed by atoms with Crippen LogP contribution in [0.2, 0.25) is 0 Å². The molecular formula is C16H17NO4. The van der Waals surface area contributed by atoms with Crippen molar-refractivity contribution in [2.24, 2.45) is 5.92 Å². The fraction of sp³-hybridized carbons (Fsp3) is 0.438. The van der Waals surface area contributed by atoms with Crippen LogP contribution in [0.1, 0.15) is 38.2 Å². The summed E-state index contributed by atoms with van der Waals surface area (Å²) in [6, 6.07) is 9.83. The molecule has 1 saturated carbocycles. The molecule has 2 aliphatic rings. The van der Waals surface area contributed by atoms with Gasteiger partial charge in [-0.05, 0) is 18.4 Å². The molecule has 5 heteroatoms. The van der Waals surface area contributed by atoms with Crippen molar-refractivity contribution in [2.45, 2.75) is 38.0 Å². The van der Waals surface area contributed by atoms with Gasteiger partial charge in [0.2, 0.25) is 0 Å². The number of amides is 2. The van der Waals surface area contributed by atoms with Crippen LogP contribution in [-0.4, -0.2) is 22.8 Å². The van der Waals surface area contributed by atoms with E-state index in [9.17, 15) is 14.4 Å². The quantitative estimate of drug-likeness (QED) is 0.794. The van der Waals surface area contributed by atoms with Gasteiger partial charge < -0.3 is 4.84 Å². The fourth-order valence-corrected chi connectivity index (χ4v) is 3.11. The Bertz CT molecular complexity index is 582. The van der Waals surface area contributed by atoms with E-state index >= 15 is 0 Å². The minimum absolute atomic E-state index is 0.119. The summed E-state index contributed by atoms with van der Waals surface area (Å²) in [5.41, 5.74) is 0.887. The molecule has 1 aromatic rings. The van der Waals surface area contributed by atoms with Crippen LogP contribution in [0.15, 0.2) is 30.3 Å². The molecule has 1 heterocycles. The third-order valence-corrected chi connectivity index (χ3v) is 4.53. The third kappa shape index (κ3) is 2.22. The van der Waals surface area contributed by atoms with Crippen LogP contribution < -0.4 is 0 Å². The first kappa shape index (κ1) is 13.8. The number of hydroxylamine groups is 2. The third-order valence-electron chi connectivity index (χ3n) is 4.53. The van der Waals surface area contributed by atoms with Gasteiger partial charge in [-0.3, -0.25) is 9.59 Å². The minimum atomic E-state index is -0.482. The van der Waals surface area contributed by atoms with Gasteiger partial charge in [-0.1, -0.05) is 37.3 Å². The number of hydrogen-bond acceptors (Lipinski definition) is 4. The van der Waals surface area contributed by atoms with E-state index in [2.05, 4.69) is 0 Å². The molecule has 0 unspecified atom stereocenters. The summed E-state index contributed by atoms with van der Waals surface area (Å²) in [6.45, 7) is 2.03. The van der Waals surface area contributed by atoms with E-state index in [4.69, 9.17) is 4.84 Å². The summed E-state index contributed by atoms with van der Waals surface area (Å²) in [5.74, 6) is -1.64. The molecule has 5 nitrogen and oxygen atoms in total. The number of benzene rings is 1. The van der Waals surface area contributed by atoms with Crippen LogP contribution in [0, 0.1) is 5.92 Å². The SMILES string of the molecule is CC[C@@]1(c2ccccc2)C[C@H]1C(=O)ON1C(=O)CCC1=O. The zero-order chi connectivity index (χ0) is 15.0. The van der Waals surface area contributed by atoms with Gasteiger partial charge in [0.1, 0.15) is 0 Å². The molecule has 2 amide bonds. The first-order chi connectivity index (χ1) is 10.1. The second-order valence-corrected chi connectivity index (χ2v) is 5.62. The highest BCUT2D eigenvalue weighted by Gasteiger charge is 2.59. The van der Waals surface area contributed by atoms with E-state index in [1.807, 2.05) is 37.3 Å². The zero-order valence-corrected chi connectivity index (χ0v) is 11.9. The summed E-state index contributed by atoms with van der Waals surface area (Å²) in [5, 5.41) is 0.631. The summed E-state index contributed by atoms with van der Waals surface area (Å²) in [4.78, 5) is 40.2. The maximum absolute atomic E-state index is 12.2. The van der Waals surface area contributed by atoms with E-state index in [1.54, 1.807) is 0 Å². The van der Waals surface area contributed by atoms with Crippen molar-refractivity contribution in [3.8, 4) is 0 Å². The Kier molecular flexibility index (Phi) is 3.27. The van der Waals surface area contributed by atoms with Crippen LogP contribution in [-0.2, 0) is 24.6 Å². The Labute approximate surface area is 122 Å². The lowest BCUT2D eigenvalue weighted by atomic mass is 9.90. The van der Waals surface area contributed by atoms with Gasteiger partial charge in [-0.15, -0.1) is 5.06 Å². The Morgan fingerprint density at radius 1 is 1.24 bits per heavy atom. The number of nitrogens with zero attached hydrogens (tertiary/aromatic N) is 1. The Morgan fingerprint density at radius 3 is 2.43 bits per heavy atom. The zero-order valence-electron chi connectivity index (χ0n) is 11.9. The molecule has 110 valence electrons. The minimum Gasteiger partial charge on any atom is -0.330 e. The van der Waals surface area contributed by atoms with Crippen LogP contribution >= 0.6 is 0 Å². The molecule has 0 bridgehead atoms. The molecule has 1 aliphatic carbocycles. The van der Waals surface area contributed by atoms with Crippen molar-refractivity contribution < 1.29 is 19.2 Å². The van der Waals surface area contributed by atoms with Crippen LogP contribution in [0.5, 0.6) is 0 Å². The van der Waals surface area contributed by atoms with Crippen molar-refractivity contribution >= 4 is 17.8 Å². The van der Waals surface area contributed by atoms with Crippen LogP contribution in [0.3, 0.4) is 0 Å². The van der Waals surface area contributed by atoms with Gasteiger partial charge >= 0.3 is 5.97 Å². The van der Waals surface area contributed by atoms with Gasteiger partial charge in [0.25, 0.3) is 11.8 Å². The highest BCUT2D eigenvalue weighted by molar-refractivity contribution is 6.01. The average molecular weight is 287 g/mol. The molecule has 3 rings (SSSR count). The molecule has 0 N–H and O–H groups in total. The molecule has 0 spiro atoms. The number of carbonyl (C=O) groups excluding carboxylic acids is 3. The molecule has 2 atom stereocenters. The smallest absolute Gasteiger partial charge is 0.330 e. The molecule has 1 aromatic carbocycles. The van der Waals surface area contributed by atoms with Crippen molar-refractivity contribution in [1.82, 2.24) is 5.06 Å². The Hall–Kier alpha value is -2.17. The van der Waals surface area contributed by atoms with Gasteiger partial charge in [0, 0.05) is 18.3 Å². The maximum atomic E-state index is 12.2. The summed E-state index contributed by atoms with van der Waals surface area (Å²) in [6.07, 6.45) is 1.75. The van der Waals surface area contributed by atoms with E-state index in [0.29, 0.717) is 11.5 Å². The Balaban J connectivity index is 1.73. The Morgan fingerprint density at radius 2 is 1.86 bits per heavy atom. The number of carbonyl (C=O) groups is 3. The monoisotopic (exact) mass is 287 g/mol. The second-order valence-electron chi connectivity index (χ2n) is 5.62. The van der Waals surface area contributed by atoms with Crippen LogP contribution in [0.25, 0.3) is 0 Å². The van der Waals surface area contributed by atoms with Crippen molar-refractivity contribution in [2.75, 3.05) is 0 Å². The number of rotatable bonds is 4. The largest absolute Gasteiger partial charge is 0.337 e. The molecular weight excluding hydrogens is 270 g/mol. The van der Waals surface area contributed by atoms with Crippen molar-refractivity contribution in [3.05, 3.63) is 35.9 Å². The van der Waals surface area contributed by atoms with E-state index < -0.39 is 17.8 Å². The second kappa shape index (κ2) is 4.98. The number of hydrogen-bond donors (Lipinski definition) is 0. The highest BCUT2D eigenvalue weighted by atomic mass is 16.7. The lowest BCUT2D eigenvalue weighted by Crippen LogP contribution is -2.33. The van der Waals surface area contributed by atoms with Gasteiger partial charge in [-0.25, -0.2) is 4.79 Å². The standard InChI is InChI=1S/C16H17NO4/c1-2-16(11-6-4-3-5-7-11)10-12(16)15(20)21-17-13(18)8-9-14(17)19/h3-7,12H,2,8-10H2,1H3/t12-,16-/m0/s1. The van der Waals surface area contributed by atoms with E-state index in [0.717, 1.165) is 12.0 Å². The van der Waals surface area contributed by atoms with Crippen molar-refractivity contribution in [3.63, 3.8) is 0 Å². The van der Waals surface area contributed by atoms with Gasteiger partial charge in [0.05, 0.1) is 5.92 Å². The first-order valence-corrected chi connectivity index (χ1v) is 7.21. The topological polar surface area (TPSA) is 63.7 Å². The van der Waals surface area contributed by atoms with Crippen LogP contribution in [0.4, 0.5) is 0 Å². The fourth-order valence-electron chi connectivity index (χ4n) is 3.11. The molecule has 21 heavy (non-hydrogen) atoms. The molecule has 2 fully saturated rings. The highest BCUT2D eigenvalue weighted by Crippen LogP contribution is 2.57. The van der Waals surface area contributed by atoms with E-state index in [1.165, 1.54) is 0 Å². The van der Waals surface area contributed by atoms with Crippen molar-refractivity contribution in [1.29, 1.82) is 0 Å². The van der Waals surface area contributed by atoms with Gasteiger partial charge in [-0.2, -0.15) is 0 Å². The lowest BCUT2D eigenvalue weighted by molar-refractivity contribution is -0.198. The summed E-state index contributed by atoms with van der Waals surface area (Å²) >= 11 is 0. The molecule has 0 radical (unpaired) electrons. The summed E-state index contributed by atoms with van der Waals surface area (Å²) in [7, 11) is 0.